The molecule has 5 rings (SSSR count). The number of rotatable bonds is 5. The lowest BCUT2D eigenvalue weighted by Crippen LogP contribution is -2.58. The number of ether oxygens (including phenoxy) is 2. The van der Waals surface area contributed by atoms with Crippen molar-refractivity contribution in [2.45, 2.75) is 50.7 Å². The predicted octanol–water partition coefficient (Wildman–Crippen LogP) is 3.39. The van der Waals surface area contributed by atoms with Crippen LogP contribution in [0.15, 0.2) is 36.4 Å². The summed E-state index contributed by atoms with van der Waals surface area (Å²) in [5, 5.41) is 6.72. The average molecular weight is 464 g/mol. The number of carbonyl (C=O) groups excluding carboxylic acids is 2. The second-order valence-corrected chi connectivity index (χ2v) is 9.50. The molecule has 2 N–H and O–H groups in total. The minimum atomic E-state index is -0.165. The molecule has 0 aromatic heterocycles. The van der Waals surface area contributed by atoms with Crippen LogP contribution in [-0.2, 0) is 11.2 Å². The standard InChI is InChI=1S/C27H33N3O4/c1-16(17-8-5-4-6-9-17)29-26(31)20-14-23(33-2)25(34-3)19-11-13-30-22(24(19)20)15-21-18(27(30)32)10-7-12-28-21/h4-6,8-9,14,16,18,21-22,28H,7,10-13,15H2,1-3H3,(H,29,31)/t16-,18-,21-,22-/m1/s1. The lowest BCUT2D eigenvalue weighted by molar-refractivity contribution is -0.145. The fraction of sp³-hybridized carbons (Fsp3) is 0.481. The first kappa shape index (κ1) is 22.7. The van der Waals surface area contributed by atoms with Crippen LogP contribution in [-0.4, -0.2) is 50.1 Å². The third-order valence-electron chi connectivity index (χ3n) is 7.68. The number of hydrogen-bond acceptors (Lipinski definition) is 5. The highest BCUT2D eigenvalue weighted by atomic mass is 16.5. The van der Waals surface area contributed by atoms with Crippen molar-refractivity contribution in [1.82, 2.24) is 15.5 Å². The summed E-state index contributed by atoms with van der Waals surface area (Å²) in [6.07, 6.45) is 3.39. The van der Waals surface area contributed by atoms with Gasteiger partial charge in [-0.3, -0.25) is 9.59 Å². The molecule has 180 valence electrons. The number of hydrogen-bond donors (Lipinski definition) is 2. The number of carbonyl (C=O) groups is 2. The summed E-state index contributed by atoms with van der Waals surface area (Å²) >= 11 is 0. The van der Waals surface area contributed by atoms with E-state index in [2.05, 4.69) is 10.6 Å². The van der Waals surface area contributed by atoms with E-state index in [0.717, 1.165) is 42.5 Å². The van der Waals surface area contributed by atoms with Crippen LogP contribution in [0.5, 0.6) is 11.5 Å². The first-order valence-corrected chi connectivity index (χ1v) is 12.2. The van der Waals surface area contributed by atoms with Crippen molar-refractivity contribution in [2.75, 3.05) is 27.3 Å². The van der Waals surface area contributed by atoms with Crippen LogP contribution in [0.1, 0.15) is 65.3 Å². The van der Waals surface area contributed by atoms with E-state index in [-0.39, 0.29) is 35.9 Å². The average Bonchev–Trinajstić information content (AvgIpc) is 2.88. The highest BCUT2D eigenvalue weighted by Crippen LogP contribution is 2.47. The number of methoxy groups -OCH3 is 2. The predicted molar refractivity (Wildman–Crippen MR) is 129 cm³/mol. The minimum Gasteiger partial charge on any atom is -0.493 e. The Labute approximate surface area is 200 Å². The van der Waals surface area contributed by atoms with Gasteiger partial charge >= 0.3 is 0 Å². The van der Waals surface area contributed by atoms with Crippen LogP contribution in [0.3, 0.4) is 0 Å². The molecular weight excluding hydrogens is 430 g/mol. The molecule has 0 unspecified atom stereocenters. The Morgan fingerprint density at radius 2 is 2.00 bits per heavy atom. The summed E-state index contributed by atoms with van der Waals surface area (Å²) in [7, 11) is 3.22. The zero-order chi connectivity index (χ0) is 23.8. The molecule has 2 aromatic carbocycles. The third kappa shape index (κ3) is 3.82. The quantitative estimate of drug-likeness (QED) is 0.711. The summed E-state index contributed by atoms with van der Waals surface area (Å²) in [6, 6.07) is 11.5. The number of fused-ring (bicyclic) bond motifs is 4. The molecular formula is C27H33N3O4. The highest BCUT2D eigenvalue weighted by molar-refractivity contribution is 5.98. The van der Waals surface area contributed by atoms with Gasteiger partial charge in [-0.2, -0.15) is 0 Å². The molecule has 2 aromatic rings. The van der Waals surface area contributed by atoms with E-state index in [9.17, 15) is 9.59 Å². The summed E-state index contributed by atoms with van der Waals surface area (Å²) in [5.74, 6) is 1.28. The smallest absolute Gasteiger partial charge is 0.252 e. The molecule has 7 heteroatoms. The van der Waals surface area contributed by atoms with Crippen LogP contribution in [0, 0.1) is 5.92 Å². The Morgan fingerprint density at radius 3 is 2.74 bits per heavy atom. The van der Waals surface area contributed by atoms with Crippen molar-refractivity contribution in [1.29, 1.82) is 0 Å². The van der Waals surface area contributed by atoms with Gasteiger partial charge in [0.2, 0.25) is 5.91 Å². The molecule has 2 amide bonds. The second-order valence-electron chi connectivity index (χ2n) is 9.50. The number of piperidine rings is 2. The zero-order valence-electron chi connectivity index (χ0n) is 20.1. The molecule has 2 fully saturated rings. The van der Waals surface area contributed by atoms with E-state index in [4.69, 9.17) is 9.47 Å². The maximum Gasteiger partial charge on any atom is 0.252 e. The molecule has 3 heterocycles. The van der Waals surface area contributed by atoms with Crippen molar-refractivity contribution >= 4 is 11.8 Å². The fourth-order valence-electron chi connectivity index (χ4n) is 6.00. The maximum absolute atomic E-state index is 13.7. The molecule has 7 nitrogen and oxygen atoms in total. The minimum absolute atomic E-state index is 0.0297. The van der Waals surface area contributed by atoms with Gasteiger partial charge in [0.15, 0.2) is 11.5 Å². The first-order chi connectivity index (χ1) is 16.5. The molecule has 3 aliphatic heterocycles. The van der Waals surface area contributed by atoms with Crippen molar-refractivity contribution in [3.8, 4) is 11.5 Å². The summed E-state index contributed by atoms with van der Waals surface area (Å²) in [5.41, 5.74) is 3.48. The van der Waals surface area contributed by atoms with E-state index < -0.39 is 0 Å². The molecule has 0 aliphatic carbocycles. The Hall–Kier alpha value is -3.06. The molecule has 0 radical (unpaired) electrons. The lowest BCUT2D eigenvalue weighted by Gasteiger charge is -2.49. The van der Waals surface area contributed by atoms with Crippen LogP contribution >= 0.6 is 0 Å². The third-order valence-corrected chi connectivity index (χ3v) is 7.68. The largest absolute Gasteiger partial charge is 0.493 e. The Morgan fingerprint density at radius 1 is 1.21 bits per heavy atom. The van der Waals surface area contributed by atoms with Gasteiger partial charge in [-0.05, 0) is 56.3 Å². The summed E-state index contributed by atoms with van der Waals surface area (Å²) < 4.78 is 11.4. The lowest BCUT2D eigenvalue weighted by atomic mass is 9.75. The molecule has 4 atom stereocenters. The molecule has 34 heavy (non-hydrogen) atoms. The van der Waals surface area contributed by atoms with Gasteiger partial charge in [-0.15, -0.1) is 0 Å². The van der Waals surface area contributed by atoms with Gasteiger partial charge in [0.05, 0.1) is 32.2 Å². The fourth-order valence-corrected chi connectivity index (χ4v) is 6.00. The topological polar surface area (TPSA) is 79.9 Å². The van der Waals surface area contributed by atoms with E-state index >= 15 is 0 Å². The van der Waals surface area contributed by atoms with Crippen LogP contribution in [0.2, 0.25) is 0 Å². The van der Waals surface area contributed by atoms with Gasteiger partial charge in [0.25, 0.3) is 5.91 Å². The second kappa shape index (κ2) is 9.29. The van der Waals surface area contributed by atoms with Crippen LogP contribution in [0.4, 0.5) is 0 Å². The van der Waals surface area contributed by atoms with Gasteiger partial charge in [0.1, 0.15) is 0 Å². The highest BCUT2D eigenvalue weighted by Gasteiger charge is 2.47. The molecule has 0 bridgehead atoms. The van der Waals surface area contributed by atoms with E-state index in [0.29, 0.717) is 30.0 Å². The van der Waals surface area contributed by atoms with Crippen molar-refractivity contribution in [2.24, 2.45) is 5.92 Å². The van der Waals surface area contributed by atoms with Gasteiger partial charge in [-0.25, -0.2) is 0 Å². The van der Waals surface area contributed by atoms with E-state index in [1.54, 1.807) is 20.3 Å². The Kier molecular flexibility index (Phi) is 6.21. The van der Waals surface area contributed by atoms with Gasteiger partial charge in [-0.1, -0.05) is 30.3 Å². The van der Waals surface area contributed by atoms with Gasteiger partial charge < -0.3 is 25.0 Å². The Balaban J connectivity index is 1.56. The molecule has 2 saturated heterocycles. The molecule has 0 spiro atoms. The van der Waals surface area contributed by atoms with Crippen molar-refractivity contribution < 1.29 is 19.1 Å². The van der Waals surface area contributed by atoms with E-state index in [1.807, 2.05) is 42.2 Å². The van der Waals surface area contributed by atoms with E-state index in [1.165, 1.54) is 0 Å². The normalized spacial score (nSPS) is 24.4. The summed E-state index contributed by atoms with van der Waals surface area (Å²) in [4.78, 5) is 29.1. The first-order valence-electron chi connectivity index (χ1n) is 12.2. The monoisotopic (exact) mass is 463 g/mol. The maximum atomic E-state index is 13.7. The summed E-state index contributed by atoms with van der Waals surface area (Å²) in [6.45, 7) is 3.54. The number of nitrogens with one attached hydrogen (secondary N) is 2. The SMILES string of the molecule is COc1cc(C(=O)N[C@H](C)c2ccccc2)c2c(c1OC)CCN1C(=O)[C@@H]3CCCN[C@@H]3C[C@H]21. The zero-order valence-corrected chi connectivity index (χ0v) is 20.1. The number of amides is 2. The van der Waals surface area contributed by atoms with Gasteiger partial charge in [0, 0.05) is 23.7 Å². The van der Waals surface area contributed by atoms with Crippen molar-refractivity contribution in [3.63, 3.8) is 0 Å². The van der Waals surface area contributed by atoms with Crippen molar-refractivity contribution in [3.05, 3.63) is 58.7 Å². The molecule has 3 aliphatic rings. The van der Waals surface area contributed by atoms with Crippen LogP contribution < -0.4 is 20.1 Å². The molecule has 0 saturated carbocycles. The van der Waals surface area contributed by atoms with Crippen LogP contribution in [0.25, 0.3) is 0 Å². The number of nitrogens with zero attached hydrogens (tertiary/aromatic N) is 1. The Bertz CT molecular complexity index is 1090. The number of benzene rings is 2.